The molecule has 0 saturated heterocycles. The summed E-state index contributed by atoms with van der Waals surface area (Å²) in [6, 6.07) is 15.0. The summed E-state index contributed by atoms with van der Waals surface area (Å²) in [4.78, 5) is 13.5. The number of nitrogens with zero attached hydrogens (tertiary/aromatic N) is 2. The van der Waals surface area contributed by atoms with Gasteiger partial charge >= 0.3 is 6.18 Å². The highest BCUT2D eigenvalue weighted by molar-refractivity contribution is 5.93. The van der Waals surface area contributed by atoms with E-state index in [1.54, 1.807) is 48.5 Å². The van der Waals surface area contributed by atoms with Crippen LogP contribution < -0.4 is 9.47 Å². The van der Waals surface area contributed by atoms with Crippen LogP contribution in [0.1, 0.15) is 16.1 Å². The Hall–Kier alpha value is -3.49. The molecule has 0 bridgehead atoms. The summed E-state index contributed by atoms with van der Waals surface area (Å²) in [6.45, 7) is -1.51. The topological polar surface area (TPSA) is 64.8 Å². The molecule has 164 valence electrons. The molecule has 0 saturated carbocycles. The lowest BCUT2D eigenvalue weighted by Gasteiger charge is -2.23. The molecule has 1 aromatic heterocycles. The van der Waals surface area contributed by atoms with Gasteiger partial charge in [-0.3, -0.25) is 4.79 Å². The van der Waals surface area contributed by atoms with Crippen LogP contribution in [-0.4, -0.2) is 49.4 Å². The third kappa shape index (κ3) is 6.00. The van der Waals surface area contributed by atoms with Gasteiger partial charge in [0.1, 0.15) is 18.0 Å². The number of benzene rings is 2. The normalized spacial score (nSPS) is 11.3. The van der Waals surface area contributed by atoms with Crippen LogP contribution in [0.15, 0.2) is 59.1 Å². The Morgan fingerprint density at radius 3 is 2.13 bits per heavy atom. The lowest BCUT2D eigenvalue weighted by Crippen LogP contribution is -2.40. The second-order valence-electron chi connectivity index (χ2n) is 6.74. The van der Waals surface area contributed by atoms with Crippen LogP contribution in [0.4, 0.5) is 13.2 Å². The number of hydrogen-bond donors (Lipinski definition) is 0. The fourth-order valence-corrected chi connectivity index (χ4v) is 2.95. The van der Waals surface area contributed by atoms with Gasteiger partial charge in [0.15, 0.2) is 11.5 Å². The second kappa shape index (κ2) is 9.55. The van der Waals surface area contributed by atoms with Crippen molar-refractivity contribution >= 4 is 5.91 Å². The smallest absolute Gasteiger partial charge is 0.406 e. The summed E-state index contributed by atoms with van der Waals surface area (Å²) >= 11 is 0. The van der Waals surface area contributed by atoms with E-state index >= 15 is 0 Å². The van der Waals surface area contributed by atoms with Crippen molar-refractivity contribution in [2.75, 3.05) is 27.3 Å². The van der Waals surface area contributed by atoms with E-state index < -0.39 is 18.6 Å². The molecule has 1 heterocycles. The molecule has 0 aliphatic rings. The Morgan fingerprint density at radius 1 is 1.00 bits per heavy atom. The van der Waals surface area contributed by atoms with Gasteiger partial charge in [0.05, 0.1) is 14.2 Å². The summed E-state index contributed by atoms with van der Waals surface area (Å²) < 4.78 is 54.6. The predicted octanol–water partition coefficient (Wildman–Crippen LogP) is 4.61. The van der Waals surface area contributed by atoms with Gasteiger partial charge in [0, 0.05) is 18.2 Å². The van der Waals surface area contributed by atoms with Gasteiger partial charge in [-0.2, -0.15) is 13.2 Å². The van der Waals surface area contributed by atoms with Gasteiger partial charge in [0.2, 0.25) is 0 Å². The van der Waals surface area contributed by atoms with E-state index in [9.17, 15) is 18.0 Å². The molecule has 0 aliphatic carbocycles. The fraction of sp³-hybridized carbons (Fsp3) is 0.273. The zero-order chi connectivity index (χ0) is 22.4. The van der Waals surface area contributed by atoms with Crippen molar-refractivity contribution in [2.45, 2.75) is 12.6 Å². The number of ether oxygens (including phenoxy) is 2. The van der Waals surface area contributed by atoms with E-state index in [2.05, 4.69) is 5.16 Å². The highest BCUT2D eigenvalue weighted by Crippen LogP contribution is 2.25. The zero-order valence-corrected chi connectivity index (χ0v) is 17.0. The molecule has 1 amide bonds. The Kier molecular flexibility index (Phi) is 6.84. The summed E-state index contributed by atoms with van der Waals surface area (Å²) in [5.74, 6) is 0.692. The molecule has 3 rings (SSSR count). The van der Waals surface area contributed by atoms with E-state index in [0.29, 0.717) is 17.1 Å². The molecule has 31 heavy (non-hydrogen) atoms. The Morgan fingerprint density at radius 2 is 1.58 bits per heavy atom. The largest absolute Gasteiger partial charge is 0.497 e. The fourth-order valence-electron chi connectivity index (χ4n) is 2.95. The summed E-state index contributed by atoms with van der Waals surface area (Å²) in [5.41, 5.74) is 1.21. The molecule has 9 heteroatoms. The summed E-state index contributed by atoms with van der Waals surface area (Å²) in [6.07, 6.45) is -4.30. The van der Waals surface area contributed by atoms with Crippen molar-refractivity contribution in [1.29, 1.82) is 0 Å². The maximum absolute atomic E-state index is 13.1. The number of carbonyl (C=O) groups is 1. The van der Waals surface area contributed by atoms with Crippen molar-refractivity contribution in [3.63, 3.8) is 0 Å². The molecule has 0 spiro atoms. The van der Waals surface area contributed by atoms with Crippen molar-refractivity contribution in [3.8, 4) is 22.8 Å². The number of amides is 1. The number of methoxy groups -OCH3 is 2. The number of alkyl halides is 3. The molecule has 0 fully saturated rings. The average Bonchev–Trinajstić information content (AvgIpc) is 3.26. The summed E-state index contributed by atoms with van der Waals surface area (Å²) in [5, 5.41) is 3.68. The van der Waals surface area contributed by atoms with Crippen molar-refractivity contribution in [1.82, 2.24) is 10.1 Å². The first-order valence-corrected chi connectivity index (χ1v) is 9.39. The lowest BCUT2D eigenvalue weighted by molar-refractivity contribution is -0.140. The Labute approximate surface area is 177 Å². The minimum Gasteiger partial charge on any atom is -0.497 e. The van der Waals surface area contributed by atoms with Gasteiger partial charge in [-0.05, 0) is 48.4 Å². The predicted molar refractivity (Wildman–Crippen MR) is 107 cm³/mol. The van der Waals surface area contributed by atoms with Gasteiger partial charge in [0.25, 0.3) is 5.91 Å². The van der Waals surface area contributed by atoms with Crippen molar-refractivity contribution in [3.05, 3.63) is 65.9 Å². The molecule has 0 radical (unpaired) electrons. The summed E-state index contributed by atoms with van der Waals surface area (Å²) in [7, 11) is 3.05. The molecule has 3 aromatic rings. The maximum atomic E-state index is 13.1. The van der Waals surface area contributed by atoms with Gasteiger partial charge in [-0.15, -0.1) is 0 Å². The number of aromatic nitrogens is 1. The van der Waals surface area contributed by atoms with Gasteiger partial charge in [-0.1, -0.05) is 17.3 Å². The number of hydrogen-bond acceptors (Lipinski definition) is 5. The number of rotatable bonds is 8. The molecule has 2 aromatic carbocycles. The molecule has 0 N–H and O–H groups in total. The van der Waals surface area contributed by atoms with Crippen LogP contribution in [-0.2, 0) is 6.42 Å². The van der Waals surface area contributed by atoms with E-state index in [-0.39, 0.29) is 24.4 Å². The van der Waals surface area contributed by atoms with E-state index in [4.69, 9.17) is 14.0 Å². The highest BCUT2D eigenvalue weighted by Gasteiger charge is 2.34. The Bertz CT molecular complexity index is 999. The third-order valence-corrected chi connectivity index (χ3v) is 4.59. The van der Waals surface area contributed by atoms with E-state index in [1.165, 1.54) is 20.3 Å². The minimum atomic E-state index is -4.54. The van der Waals surface area contributed by atoms with Crippen LogP contribution in [0, 0.1) is 0 Å². The van der Waals surface area contributed by atoms with Gasteiger partial charge in [-0.25, -0.2) is 0 Å². The molecule has 6 nitrogen and oxygen atoms in total. The molecular formula is C22H21F3N2O4. The monoisotopic (exact) mass is 434 g/mol. The van der Waals surface area contributed by atoms with Crippen LogP contribution in [0.5, 0.6) is 11.5 Å². The Balaban J connectivity index is 1.75. The highest BCUT2D eigenvalue weighted by atomic mass is 19.4. The van der Waals surface area contributed by atoms with E-state index in [0.717, 1.165) is 10.5 Å². The van der Waals surface area contributed by atoms with Crippen LogP contribution in [0.3, 0.4) is 0 Å². The van der Waals surface area contributed by atoms with Crippen LogP contribution in [0.25, 0.3) is 11.3 Å². The van der Waals surface area contributed by atoms with Crippen LogP contribution >= 0.6 is 0 Å². The van der Waals surface area contributed by atoms with Crippen LogP contribution in [0.2, 0.25) is 0 Å². The second-order valence-corrected chi connectivity index (χ2v) is 6.74. The zero-order valence-electron chi connectivity index (χ0n) is 17.0. The quantitative estimate of drug-likeness (QED) is 0.518. The van der Waals surface area contributed by atoms with Crippen molar-refractivity contribution < 1.29 is 32.0 Å². The first-order valence-electron chi connectivity index (χ1n) is 9.39. The third-order valence-electron chi connectivity index (χ3n) is 4.59. The maximum Gasteiger partial charge on any atom is 0.406 e. The average molecular weight is 434 g/mol. The number of carbonyl (C=O) groups excluding carboxylic acids is 1. The van der Waals surface area contributed by atoms with Crippen molar-refractivity contribution in [2.24, 2.45) is 0 Å². The minimum absolute atomic E-state index is 0.130. The first-order chi connectivity index (χ1) is 14.8. The molecule has 0 unspecified atom stereocenters. The SMILES string of the molecule is COc1ccc(CCN(CC(F)(F)F)C(=O)c2cc(-c3ccc(OC)cc3)on2)cc1. The number of halogens is 3. The van der Waals surface area contributed by atoms with Gasteiger partial charge < -0.3 is 18.9 Å². The molecule has 0 aliphatic heterocycles. The standard InChI is InChI=1S/C22H21F3N2O4/c1-29-17-7-3-15(4-8-17)11-12-27(14-22(23,24)25)21(28)19-13-20(31-26-19)16-5-9-18(30-2)10-6-16/h3-10,13H,11-12,14H2,1-2H3. The first kappa shape index (κ1) is 22.2. The lowest BCUT2D eigenvalue weighted by atomic mass is 10.1. The van der Waals surface area contributed by atoms with E-state index in [1.807, 2.05) is 0 Å². The molecular weight excluding hydrogens is 413 g/mol. The molecule has 0 atom stereocenters.